The molecule has 0 bridgehead atoms. The van der Waals surface area contributed by atoms with Crippen LogP contribution in [-0.4, -0.2) is 47.5 Å². The van der Waals surface area contributed by atoms with Crippen molar-refractivity contribution in [3.63, 3.8) is 0 Å². The molecule has 1 aliphatic heterocycles. The van der Waals surface area contributed by atoms with E-state index < -0.39 is 0 Å². The second kappa shape index (κ2) is 6.90. The normalized spacial score (nSPS) is 14.8. The van der Waals surface area contributed by atoms with E-state index in [0.717, 1.165) is 65.0 Å². The Morgan fingerprint density at radius 3 is 2.84 bits per heavy atom. The number of anilines is 1. The molecule has 0 unspecified atom stereocenters. The Balaban J connectivity index is 1.91. The molecule has 0 saturated carbocycles. The van der Waals surface area contributed by atoms with Crippen LogP contribution in [0.2, 0.25) is 0 Å². The molecule has 128 valence electrons. The average Bonchev–Trinajstić information content (AvgIpc) is 3.16. The van der Waals surface area contributed by atoms with Crippen molar-refractivity contribution >= 4 is 34.6 Å². The van der Waals surface area contributed by atoms with Gasteiger partial charge in [0, 0.05) is 35.8 Å². The van der Waals surface area contributed by atoms with Gasteiger partial charge >= 0.3 is 0 Å². The Morgan fingerprint density at radius 2 is 2.08 bits per heavy atom. The van der Waals surface area contributed by atoms with E-state index in [1.54, 1.807) is 11.8 Å². The molecule has 1 saturated heterocycles. The summed E-state index contributed by atoms with van der Waals surface area (Å²) in [6, 6.07) is 8.23. The van der Waals surface area contributed by atoms with E-state index in [1.807, 2.05) is 18.3 Å². The van der Waals surface area contributed by atoms with Gasteiger partial charge in [-0.25, -0.2) is 9.97 Å². The molecule has 3 aromatic rings. The van der Waals surface area contributed by atoms with E-state index in [2.05, 4.69) is 40.9 Å². The van der Waals surface area contributed by atoms with Crippen molar-refractivity contribution < 1.29 is 4.74 Å². The van der Waals surface area contributed by atoms with Gasteiger partial charge in [0.1, 0.15) is 5.82 Å². The van der Waals surface area contributed by atoms with Crippen LogP contribution in [0, 0.1) is 0 Å². The fourth-order valence-corrected chi connectivity index (χ4v) is 3.88. The third-order valence-electron chi connectivity index (χ3n) is 4.42. The summed E-state index contributed by atoms with van der Waals surface area (Å²) in [6.07, 6.45) is 5.82. The molecule has 0 spiro atoms. The molecule has 0 radical (unpaired) electrons. The predicted molar refractivity (Wildman–Crippen MR) is 104 cm³/mol. The first-order valence-electron chi connectivity index (χ1n) is 8.29. The molecule has 1 aliphatic rings. The summed E-state index contributed by atoms with van der Waals surface area (Å²) >= 11 is 1.66. The average molecular weight is 352 g/mol. The number of fused-ring (bicyclic) bond motifs is 1. The molecular weight excluding hydrogens is 332 g/mol. The van der Waals surface area contributed by atoms with Crippen molar-refractivity contribution in [3.8, 4) is 11.4 Å². The van der Waals surface area contributed by atoms with Crippen molar-refractivity contribution in [2.24, 2.45) is 0 Å². The smallest absolute Gasteiger partial charge is 0.162 e. The molecule has 0 amide bonds. The van der Waals surface area contributed by atoms with Gasteiger partial charge in [0.05, 0.1) is 23.8 Å². The minimum absolute atomic E-state index is 0.726. The zero-order chi connectivity index (χ0) is 17.2. The summed E-state index contributed by atoms with van der Waals surface area (Å²) in [5, 5.41) is 1.13. The van der Waals surface area contributed by atoms with Crippen LogP contribution in [0.3, 0.4) is 0 Å². The van der Waals surface area contributed by atoms with Gasteiger partial charge in [0.2, 0.25) is 0 Å². The Bertz CT molecular complexity index is 915. The number of hydrogen-bond acceptors (Lipinski definition) is 5. The number of rotatable bonds is 4. The first kappa shape index (κ1) is 16.2. The second-order valence-electron chi connectivity index (χ2n) is 5.84. The van der Waals surface area contributed by atoms with Gasteiger partial charge in [-0.2, -0.15) is 0 Å². The lowest BCUT2D eigenvalue weighted by molar-refractivity contribution is 0.122. The molecule has 4 rings (SSSR count). The van der Waals surface area contributed by atoms with Crippen LogP contribution < -0.4 is 4.90 Å². The maximum Gasteiger partial charge on any atom is 0.162 e. The van der Waals surface area contributed by atoms with E-state index in [1.165, 1.54) is 0 Å². The lowest BCUT2D eigenvalue weighted by Gasteiger charge is -2.29. The Hall–Kier alpha value is -2.31. The summed E-state index contributed by atoms with van der Waals surface area (Å²) in [7, 11) is 0. The standard InChI is InChI=1S/C19H20N4OS/c1-3-15-17(25-2)19(23-9-11-24-12-10-23)22-18(21-15)14-5-4-6-16-13(14)7-8-20-16/h3-8,20H,1,9-12H2,2H3. The predicted octanol–water partition coefficient (Wildman–Crippen LogP) is 3.83. The van der Waals surface area contributed by atoms with Crippen molar-refractivity contribution in [2.45, 2.75) is 4.90 Å². The maximum absolute atomic E-state index is 5.50. The number of morpholine rings is 1. The first-order valence-corrected chi connectivity index (χ1v) is 9.52. The van der Waals surface area contributed by atoms with E-state index in [-0.39, 0.29) is 0 Å². The summed E-state index contributed by atoms with van der Waals surface area (Å²) in [5.74, 6) is 1.71. The van der Waals surface area contributed by atoms with Crippen LogP contribution in [0.25, 0.3) is 28.4 Å². The van der Waals surface area contributed by atoms with Gasteiger partial charge in [-0.05, 0) is 24.5 Å². The van der Waals surface area contributed by atoms with E-state index in [9.17, 15) is 0 Å². The largest absolute Gasteiger partial charge is 0.378 e. The number of aromatic amines is 1. The summed E-state index contributed by atoms with van der Waals surface area (Å²) < 4.78 is 5.50. The third-order valence-corrected chi connectivity index (χ3v) is 5.22. The van der Waals surface area contributed by atoms with Gasteiger partial charge in [-0.15, -0.1) is 11.8 Å². The number of nitrogens with zero attached hydrogens (tertiary/aromatic N) is 3. The molecule has 0 aliphatic carbocycles. The number of thioether (sulfide) groups is 1. The fraction of sp³-hybridized carbons (Fsp3) is 0.263. The first-order chi connectivity index (χ1) is 12.3. The molecular formula is C19H20N4OS. The van der Waals surface area contributed by atoms with Crippen LogP contribution in [0.15, 0.2) is 41.9 Å². The molecule has 1 fully saturated rings. The number of nitrogens with one attached hydrogen (secondary N) is 1. The number of ether oxygens (including phenoxy) is 1. The maximum atomic E-state index is 5.50. The Kier molecular flexibility index (Phi) is 4.46. The Labute approximate surface area is 151 Å². The van der Waals surface area contributed by atoms with Gasteiger partial charge in [-0.1, -0.05) is 18.7 Å². The summed E-state index contributed by atoms with van der Waals surface area (Å²) in [4.78, 5) is 16.4. The van der Waals surface area contributed by atoms with E-state index in [0.29, 0.717) is 0 Å². The molecule has 0 atom stereocenters. The highest BCUT2D eigenvalue weighted by Gasteiger charge is 2.21. The van der Waals surface area contributed by atoms with Gasteiger partial charge in [0.15, 0.2) is 5.82 Å². The van der Waals surface area contributed by atoms with Crippen molar-refractivity contribution in [3.05, 3.63) is 42.7 Å². The highest BCUT2D eigenvalue weighted by Crippen LogP contribution is 2.34. The van der Waals surface area contributed by atoms with Crippen LogP contribution in [0.4, 0.5) is 5.82 Å². The second-order valence-corrected chi connectivity index (χ2v) is 6.65. The quantitative estimate of drug-likeness (QED) is 0.723. The number of hydrogen-bond donors (Lipinski definition) is 1. The molecule has 2 aromatic heterocycles. The van der Waals surface area contributed by atoms with Gasteiger partial charge in [0.25, 0.3) is 0 Å². The molecule has 1 N–H and O–H groups in total. The Morgan fingerprint density at radius 1 is 1.24 bits per heavy atom. The zero-order valence-electron chi connectivity index (χ0n) is 14.2. The van der Waals surface area contributed by atoms with Crippen LogP contribution in [0.5, 0.6) is 0 Å². The van der Waals surface area contributed by atoms with Crippen LogP contribution in [0.1, 0.15) is 5.69 Å². The summed E-state index contributed by atoms with van der Waals surface area (Å²) in [6.45, 7) is 7.10. The molecule has 1 aromatic carbocycles. The third kappa shape index (κ3) is 2.92. The van der Waals surface area contributed by atoms with Crippen molar-refractivity contribution in [1.29, 1.82) is 0 Å². The fourth-order valence-electron chi connectivity index (χ4n) is 3.18. The van der Waals surface area contributed by atoms with E-state index in [4.69, 9.17) is 14.7 Å². The minimum Gasteiger partial charge on any atom is -0.378 e. The molecule has 5 nitrogen and oxygen atoms in total. The molecule has 6 heteroatoms. The minimum atomic E-state index is 0.726. The highest BCUT2D eigenvalue weighted by atomic mass is 32.2. The lowest BCUT2D eigenvalue weighted by Crippen LogP contribution is -2.37. The summed E-state index contributed by atoms with van der Waals surface area (Å²) in [5.41, 5.74) is 3.00. The van der Waals surface area contributed by atoms with Crippen molar-refractivity contribution in [1.82, 2.24) is 15.0 Å². The van der Waals surface area contributed by atoms with Crippen LogP contribution in [-0.2, 0) is 4.74 Å². The van der Waals surface area contributed by atoms with Crippen molar-refractivity contribution in [2.75, 3.05) is 37.5 Å². The zero-order valence-corrected chi connectivity index (χ0v) is 15.0. The number of aromatic nitrogens is 3. The number of H-pyrrole nitrogens is 1. The molecule has 3 heterocycles. The SMILES string of the molecule is C=Cc1nc(-c2cccc3[nH]ccc23)nc(N2CCOCC2)c1SC. The monoisotopic (exact) mass is 352 g/mol. The lowest BCUT2D eigenvalue weighted by atomic mass is 10.1. The van der Waals surface area contributed by atoms with E-state index >= 15 is 0 Å². The topological polar surface area (TPSA) is 54.0 Å². The van der Waals surface area contributed by atoms with Crippen LogP contribution >= 0.6 is 11.8 Å². The molecule has 25 heavy (non-hydrogen) atoms. The number of benzene rings is 1. The highest BCUT2D eigenvalue weighted by molar-refractivity contribution is 7.98. The van der Waals surface area contributed by atoms with Gasteiger partial charge in [-0.3, -0.25) is 0 Å². The van der Waals surface area contributed by atoms with Gasteiger partial charge < -0.3 is 14.6 Å².